The van der Waals surface area contributed by atoms with Crippen LogP contribution in [0.5, 0.6) is 0 Å². The van der Waals surface area contributed by atoms with Gasteiger partial charge < -0.3 is 10.6 Å². The molecule has 0 radical (unpaired) electrons. The van der Waals surface area contributed by atoms with Crippen molar-refractivity contribution in [1.82, 2.24) is 15.1 Å². The molecule has 92 valence electrons. The van der Waals surface area contributed by atoms with Crippen LogP contribution in [0.2, 0.25) is 0 Å². The molecule has 3 N–H and O–H groups in total. The number of amides is 1. The Labute approximate surface area is 100 Å². The van der Waals surface area contributed by atoms with Crippen molar-refractivity contribution in [2.75, 3.05) is 18.8 Å². The number of nitrogens with one attached hydrogen (secondary N) is 1. The van der Waals surface area contributed by atoms with Crippen molar-refractivity contribution in [3.8, 4) is 0 Å². The van der Waals surface area contributed by atoms with E-state index in [1.54, 1.807) is 0 Å². The van der Waals surface area contributed by atoms with Crippen LogP contribution in [-0.4, -0.2) is 34.1 Å². The quantitative estimate of drug-likeness (QED) is 0.811. The number of aromatic nitrogens is 2. The molecule has 1 amide bonds. The summed E-state index contributed by atoms with van der Waals surface area (Å²) in [6.45, 7) is 3.81. The lowest BCUT2D eigenvalue weighted by atomic mass is 10.2. The topological polar surface area (TPSA) is 75.0 Å². The number of nitrogens with two attached hydrogens (primary N) is 1. The van der Waals surface area contributed by atoms with Gasteiger partial charge in [-0.3, -0.25) is 9.89 Å². The summed E-state index contributed by atoms with van der Waals surface area (Å²) >= 11 is 0. The van der Waals surface area contributed by atoms with Crippen molar-refractivity contribution in [1.29, 1.82) is 0 Å². The second kappa shape index (κ2) is 3.75. The molecule has 0 aromatic carbocycles. The Hall–Kier alpha value is -1.52. The Morgan fingerprint density at radius 1 is 1.47 bits per heavy atom. The lowest BCUT2D eigenvalue weighted by molar-refractivity contribution is 0.0783. The number of carbonyl (C=O) groups excluding carboxylic acids is 1. The summed E-state index contributed by atoms with van der Waals surface area (Å²) < 4.78 is 0. The molecule has 1 atom stereocenters. The summed E-state index contributed by atoms with van der Waals surface area (Å²) in [6, 6.07) is 0. The monoisotopic (exact) mass is 234 g/mol. The van der Waals surface area contributed by atoms with Crippen LogP contribution in [0.1, 0.15) is 48.3 Å². The molecule has 1 unspecified atom stereocenters. The smallest absolute Gasteiger partial charge is 0.276 e. The van der Waals surface area contributed by atoms with Crippen molar-refractivity contribution in [2.45, 2.75) is 32.1 Å². The summed E-state index contributed by atoms with van der Waals surface area (Å²) in [5, 5.41) is 7.03. The van der Waals surface area contributed by atoms with Crippen LogP contribution in [0, 0.1) is 5.92 Å². The summed E-state index contributed by atoms with van der Waals surface area (Å²) in [6.07, 6.45) is 3.38. The molecule has 5 nitrogen and oxygen atoms in total. The number of carbonyl (C=O) groups is 1. The molecule has 2 aliphatic rings. The van der Waals surface area contributed by atoms with Crippen LogP contribution >= 0.6 is 0 Å². The molecular weight excluding hydrogens is 216 g/mol. The van der Waals surface area contributed by atoms with Crippen LogP contribution < -0.4 is 5.73 Å². The van der Waals surface area contributed by atoms with Gasteiger partial charge in [-0.1, -0.05) is 6.92 Å². The minimum absolute atomic E-state index is 0.0185. The fourth-order valence-electron chi connectivity index (χ4n) is 2.48. The zero-order valence-corrected chi connectivity index (χ0v) is 10.1. The number of hydrogen-bond donors (Lipinski definition) is 2. The third kappa shape index (κ3) is 1.79. The van der Waals surface area contributed by atoms with Crippen molar-refractivity contribution in [3.63, 3.8) is 0 Å². The molecule has 2 fully saturated rings. The predicted octanol–water partition coefficient (Wildman–Crippen LogP) is 1.35. The number of rotatable bonds is 2. The molecule has 3 rings (SSSR count). The van der Waals surface area contributed by atoms with E-state index in [4.69, 9.17) is 5.73 Å². The number of likely N-dealkylation sites (tertiary alicyclic amines) is 1. The molecule has 0 spiro atoms. The Kier molecular flexibility index (Phi) is 2.34. The fourth-order valence-corrected chi connectivity index (χ4v) is 2.48. The third-order valence-electron chi connectivity index (χ3n) is 3.73. The van der Waals surface area contributed by atoms with Crippen molar-refractivity contribution in [2.24, 2.45) is 5.92 Å². The zero-order valence-electron chi connectivity index (χ0n) is 10.1. The van der Waals surface area contributed by atoms with Gasteiger partial charge in [0, 0.05) is 19.0 Å². The van der Waals surface area contributed by atoms with Crippen LogP contribution in [0.25, 0.3) is 0 Å². The normalized spacial score (nSPS) is 24.3. The van der Waals surface area contributed by atoms with E-state index in [-0.39, 0.29) is 5.91 Å². The number of anilines is 1. The van der Waals surface area contributed by atoms with E-state index >= 15 is 0 Å². The van der Waals surface area contributed by atoms with Crippen LogP contribution in [-0.2, 0) is 0 Å². The van der Waals surface area contributed by atoms with Crippen LogP contribution in [0.3, 0.4) is 0 Å². The number of aromatic amines is 1. The molecule has 1 aromatic rings. The standard InChI is InChI=1S/C12H18N4O/c1-7-4-5-16(6-7)12(17)11-9(13)10(14-15-11)8-2-3-8/h7-8H,2-6,13H2,1H3,(H,14,15). The van der Waals surface area contributed by atoms with Gasteiger partial charge >= 0.3 is 0 Å². The lowest BCUT2D eigenvalue weighted by Crippen LogP contribution is -2.29. The average Bonchev–Trinajstić information content (AvgIpc) is 2.94. The predicted molar refractivity (Wildman–Crippen MR) is 64.7 cm³/mol. The zero-order chi connectivity index (χ0) is 12.0. The SMILES string of the molecule is CC1CCN(C(=O)c2n[nH]c(C3CC3)c2N)C1. The van der Waals surface area contributed by atoms with Gasteiger partial charge in [0.25, 0.3) is 5.91 Å². The van der Waals surface area contributed by atoms with Crippen molar-refractivity contribution in [3.05, 3.63) is 11.4 Å². The van der Waals surface area contributed by atoms with Crippen molar-refractivity contribution >= 4 is 11.6 Å². The molecule has 17 heavy (non-hydrogen) atoms. The summed E-state index contributed by atoms with van der Waals surface area (Å²) in [4.78, 5) is 14.1. The highest BCUT2D eigenvalue weighted by atomic mass is 16.2. The first-order valence-electron chi connectivity index (χ1n) is 6.30. The molecule has 1 saturated carbocycles. The van der Waals surface area contributed by atoms with Gasteiger partial charge in [0.05, 0.1) is 11.4 Å². The van der Waals surface area contributed by atoms with E-state index in [1.165, 1.54) is 0 Å². The van der Waals surface area contributed by atoms with Crippen molar-refractivity contribution < 1.29 is 4.79 Å². The molecule has 5 heteroatoms. The molecular formula is C12H18N4O. The minimum Gasteiger partial charge on any atom is -0.395 e. The second-order valence-corrected chi connectivity index (χ2v) is 5.32. The van der Waals surface area contributed by atoms with E-state index in [0.29, 0.717) is 23.2 Å². The Bertz CT molecular complexity index is 449. The maximum absolute atomic E-state index is 12.2. The number of nitrogen functional groups attached to an aromatic ring is 1. The first kappa shape index (κ1) is 10.6. The molecule has 0 bridgehead atoms. The maximum Gasteiger partial charge on any atom is 0.276 e. The lowest BCUT2D eigenvalue weighted by Gasteiger charge is -2.14. The minimum atomic E-state index is -0.0185. The number of H-pyrrole nitrogens is 1. The highest BCUT2D eigenvalue weighted by molar-refractivity contribution is 5.97. The summed E-state index contributed by atoms with van der Waals surface area (Å²) in [5.41, 5.74) is 7.95. The Morgan fingerprint density at radius 3 is 2.82 bits per heavy atom. The summed E-state index contributed by atoms with van der Waals surface area (Å²) in [5.74, 6) is 1.07. The van der Waals surface area contributed by atoms with Crippen LogP contribution in [0.15, 0.2) is 0 Å². The second-order valence-electron chi connectivity index (χ2n) is 5.32. The van der Waals surface area contributed by atoms with Gasteiger partial charge in [0.1, 0.15) is 0 Å². The molecule has 1 aliphatic carbocycles. The Balaban J connectivity index is 1.81. The molecule has 1 aromatic heterocycles. The first-order chi connectivity index (χ1) is 8.16. The maximum atomic E-state index is 12.2. The van der Waals surface area contributed by atoms with Gasteiger partial charge in [0.2, 0.25) is 0 Å². The van der Waals surface area contributed by atoms with E-state index < -0.39 is 0 Å². The third-order valence-corrected chi connectivity index (χ3v) is 3.73. The summed E-state index contributed by atoms with van der Waals surface area (Å²) in [7, 11) is 0. The highest BCUT2D eigenvalue weighted by Gasteiger charge is 2.32. The van der Waals surface area contributed by atoms with Gasteiger partial charge in [-0.2, -0.15) is 5.10 Å². The highest BCUT2D eigenvalue weighted by Crippen LogP contribution is 2.42. The van der Waals surface area contributed by atoms with E-state index in [1.807, 2.05) is 4.90 Å². The van der Waals surface area contributed by atoms with E-state index in [2.05, 4.69) is 17.1 Å². The first-order valence-corrected chi connectivity index (χ1v) is 6.30. The van der Waals surface area contributed by atoms with Gasteiger partial charge in [-0.25, -0.2) is 0 Å². The average molecular weight is 234 g/mol. The largest absolute Gasteiger partial charge is 0.395 e. The molecule has 1 aliphatic heterocycles. The van der Waals surface area contributed by atoms with Gasteiger partial charge in [-0.15, -0.1) is 0 Å². The molecule has 1 saturated heterocycles. The Morgan fingerprint density at radius 2 is 2.24 bits per heavy atom. The number of hydrogen-bond acceptors (Lipinski definition) is 3. The fraction of sp³-hybridized carbons (Fsp3) is 0.667. The number of nitrogens with zero attached hydrogens (tertiary/aromatic N) is 2. The van der Waals surface area contributed by atoms with Gasteiger partial charge in [-0.05, 0) is 25.2 Å². The molecule has 2 heterocycles. The van der Waals surface area contributed by atoms with E-state index in [0.717, 1.165) is 38.0 Å². The van der Waals surface area contributed by atoms with E-state index in [9.17, 15) is 4.79 Å². The van der Waals surface area contributed by atoms with Crippen LogP contribution in [0.4, 0.5) is 5.69 Å². The van der Waals surface area contributed by atoms with Gasteiger partial charge in [0.15, 0.2) is 5.69 Å².